The van der Waals surface area contributed by atoms with Gasteiger partial charge in [0.05, 0.1) is 0 Å². The summed E-state index contributed by atoms with van der Waals surface area (Å²) < 4.78 is 0. The zero-order valence-corrected chi connectivity index (χ0v) is 9.84. The maximum absolute atomic E-state index is 10.5. The maximum Gasteiger partial charge on any atom is 0.331 e. The number of hydrogen-bond acceptors (Lipinski definition) is 1. The van der Waals surface area contributed by atoms with Crippen LogP contribution in [0.25, 0.3) is 0 Å². The fraction of sp³-hybridized carbons (Fsp3) is 0.462. The van der Waals surface area contributed by atoms with Gasteiger partial charge in [0, 0.05) is 5.57 Å². The number of carboxylic acid groups (broad SMARTS) is 1. The smallest absolute Gasteiger partial charge is 0.331 e. The molecule has 0 aromatic rings. The lowest BCUT2D eigenvalue weighted by atomic mass is 10.1. The van der Waals surface area contributed by atoms with Gasteiger partial charge in [-0.05, 0) is 40.0 Å². The molecule has 0 fully saturated rings. The lowest BCUT2D eigenvalue weighted by Crippen LogP contribution is -1.99. The van der Waals surface area contributed by atoms with Crippen molar-refractivity contribution in [2.75, 3.05) is 0 Å². The molecule has 1 N–H and O–H groups in total. The Morgan fingerprint density at radius 1 is 1.33 bits per heavy atom. The second-order valence-electron chi connectivity index (χ2n) is 3.81. The Bertz CT molecular complexity index is 296. The van der Waals surface area contributed by atoms with E-state index in [0.717, 1.165) is 18.4 Å². The lowest BCUT2D eigenvalue weighted by Gasteiger charge is -2.01. The molecule has 15 heavy (non-hydrogen) atoms. The van der Waals surface area contributed by atoms with Crippen LogP contribution in [0.2, 0.25) is 0 Å². The molecule has 0 aliphatic carbocycles. The Kier molecular flexibility index (Phi) is 6.43. The molecule has 84 valence electrons. The third-order valence-electron chi connectivity index (χ3n) is 2.32. The minimum atomic E-state index is -0.910. The molecule has 0 aliphatic rings. The van der Waals surface area contributed by atoms with Gasteiger partial charge >= 0.3 is 5.97 Å². The Hall–Kier alpha value is -1.31. The van der Waals surface area contributed by atoms with Crippen LogP contribution in [0.4, 0.5) is 0 Å². The van der Waals surface area contributed by atoms with Crippen molar-refractivity contribution >= 4 is 5.97 Å². The van der Waals surface area contributed by atoms with E-state index in [1.54, 1.807) is 0 Å². The van der Waals surface area contributed by atoms with E-state index in [-0.39, 0.29) is 5.57 Å². The van der Waals surface area contributed by atoms with E-state index in [9.17, 15) is 4.79 Å². The van der Waals surface area contributed by atoms with Crippen molar-refractivity contribution in [3.63, 3.8) is 0 Å². The number of carboxylic acids is 1. The van der Waals surface area contributed by atoms with Gasteiger partial charge in [-0.3, -0.25) is 0 Å². The first-order valence-corrected chi connectivity index (χ1v) is 5.15. The molecular formula is C13H20O2. The summed E-state index contributed by atoms with van der Waals surface area (Å²) in [5.41, 5.74) is 2.69. The van der Waals surface area contributed by atoms with Gasteiger partial charge in [0.15, 0.2) is 0 Å². The predicted molar refractivity (Wildman–Crippen MR) is 63.8 cm³/mol. The van der Waals surface area contributed by atoms with Gasteiger partial charge < -0.3 is 5.11 Å². The second-order valence-corrected chi connectivity index (χ2v) is 3.81. The topological polar surface area (TPSA) is 37.3 Å². The molecule has 0 heterocycles. The van der Waals surface area contributed by atoms with E-state index < -0.39 is 5.97 Å². The van der Waals surface area contributed by atoms with Crippen molar-refractivity contribution in [1.82, 2.24) is 0 Å². The quantitative estimate of drug-likeness (QED) is 0.533. The third-order valence-corrected chi connectivity index (χ3v) is 2.32. The molecule has 0 spiro atoms. The second kappa shape index (κ2) is 7.04. The van der Waals surface area contributed by atoms with E-state index in [1.165, 1.54) is 5.57 Å². The van der Waals surface area contributed by atoms with Gasteiger partial charge in [-0.15, -0.1) is 0 Å². The molecule has 0 aromatic heterocycles. The standard InChI is InChI=1S/C13H20O2/c1-5-10(2)7-6-8-11(3)9-12(4)13(14)15/h5,8H,4,6-7,9H2,1-3H3,(H,14,15)/b10-5+,11-8+. The lowest BCUT2D eigenvalue weighted by molar-refractivity contribution is -0.132. The van der Waals surface area contributed by atoms with Gasteiger partial charge in [0.2, 0.25) is 0 Å². The highest BCUT2D eigenvalue weighted by Gasteiger charge is 2.03. The van der Waals surface area contributed by atoms with E-state index >= 15 is 0 Å². The molecule has 0 radical (unpaired) electrons. The van der Waals surface area contributed by atoms with E-state index in [1.807, 2.05) is 13.8 Å². The number of rotatable bonds is 6. The summed E-state index contributed by atoms with van der Waals surface area (Å²) in [6, 6.07) is 0. The van der Waals surface area contributed by atoms with Crippen molar-refractivity contribution < 1.29 is 9.90 Å². The van der Waals surface area contributed by atoms with Crippen LogP contribution < -0.4 is 0 Å². The number of hydrogen-bond donors (Lipinski definition) is 1. The first-order chi connectivity index (χ1) is 6.97. The summed E-state index contributed by atoms with van der Waals surface area (Å²) in [4.78, 5) is 10.5. The largest absolute Gasteiger partial charge is 0.478 e. The SMILES string of the molecule is C=C(C/C(C)=C/CC/C(C)=C/C)C(=O)O. The monoisotopic (exact) mass is 208 g/mol. The van der Waals surface area contributed by atoms with Crippen LogP contribution in [0.3, 0.4) is 0 Å². The molecule has 0 rings (SSSR count). The van der Waals surface area contributed by atoms with Crippen LogP contribution in [0.5, 0.6) is 0 Å². The third kappa shape index (κ3) is 6.72. The van der Waals surface area contributed by atoms with Gasteiger partial charge in [0.25, 0.3) is 0 Å². The average Bonchev–Trinajstić information content (AvgIpc) is 2.17. The summed E-state index contributed by atoms with van der Waals surface area (Å²) in [5.74, 6) is -0.910. The Morgan fingerprint density at radius 2 is 1.93 bits per heavy atom. The fourth-order valence-corrected chi connectivity index (χ4v) is 1.17. The first-order valence-electron chi connectivity index (χ1n) is 5.15. The van der Waals surface area contributed by atoms with Crippen molar-refractivity contribution in [3.05, 3.63) is 35.5 Å². The van der Waals surface area contributed by atoms with Gasteiger partial charge in [-0.25, -0.2) is 4.79 Å². The highest BCUT2D eigenvalue weighted by Crippen LogP contribution is 2.12. The molecule has 0 aromatic carbocycles. The normalized spacial score (nSPS) is 12.7. The molecule has 0 atom stereocenters. The number of aliphatic carboxylic acids is 1. The molecule has 2 heteroatoms. The minimum absolute atomic E-state index is 0.256. The van der Waals surface area contributed by atoms with Crippen LogP contribution in [0.1, 0.15) is 40.0 Å². The first kappa shape index (κ1) is 13.7. The fourth-order valence-electron chi connectivity index (χ4n) is 1.17. The molecule has 2 nitrogen and oxygen atoms in total. The summed E-state index contributed by atoms with van der Waals surface area (Å²) in [5, 5.41) is 8.65. The maximum atomic E-state index is 10.5. The van der Waals surface area contributed by atoms with Gasteiger partial charge in [0.1, 0.15) is 0 Å². The molecular weight excluding hydrogens is 188 g/mol. The molecule has 0 aliphatic heterocycles. The predicted octanol–water partition coefficient (Wildman–Crippen LogP) is 3.71. The highest BCUT2D eigenvalue weighted by atomic mass is 16.4. The Morgan fingerprint density at radius 3 is 2.40 bits per heavy atom. The van der Waals surface area contributed by atoms with E-state index in [0.29, 0.717) is 6.42 Å². The van der Waals surface area contributed by atoms with E-state index in [2.05, 4.69) is 25.7 Å². The number of allylic oxidation sites excluding steroid dienone is 4. The van der Waals surface area contributed by atoms with Gasteiger partial charge in [-0.2, -0.15) is 0 Å². The van der Waals surface area contributed by atoms with Crippen LogP contribution >= 0.6 is 0 Å². The van der Waals surface area contributed by atoms with Crippen LogP contribution in [0, 0.1) is 0 Å². The number of carbonyl (C=O) groups is 1. The zero-order valence-electron chi connectivity index (χ0n) is 9.84. The average molecular weight is 208 g/mol. The molecule has 0 amide bonds. The van der Waals surface area contributed by atoms with Crippen LogP contribution in [-0.2, 0) is 4.79 Å². The molecule has 0 bridgehead atoms. The van der Waals surface area contributed by atoms with Crippen LogP contribution in [0.15, 0.2) is 35.5 Å². The minimum Gasteiger partial charge on any atom is -0.478 e. The summed E-state index contributed by atoms with van der Waals surface area (Å²) >= 11 is 0. The summed E-state index contributed by atoms with van der Waals surface area (Å²) in [7, 11) is 0. The van der Waals surface area contributed by atoms with E-state index in [4.69, 9.17) is 5.11 Å². The Balaban J connectivity index is 4.00. The van der Waals surface area contributed by atoms with Gasteiger partial charge in [-0.1, -0.05) is 29.9 Å². The summed E-state index contributed by atoms with van der Waals surface area (Å²) in [6.45, 7) is 9.57. The highest BCUT2D eigenvalue weighted by molar-refractivity contribution is 5.86. The van der Waals surface area contributed by atoms with Crippen molar-refractivity contribution in [1.29, 1.82) is 0 Å². The van der Waals surface area contributed by atoms with Crippen molar-refractivity contribution in [2.24, 2.45) is 0 Å². The zero-order chi connectivity index (χ0) is 11.8. The summed E-state index contributed by atoms with van der Waals surface area (Å²) in [6.07, 6.45) is 6.65. The molecule has 0 saturated carbocycles. The van der Waals surface area contributed by atoms with Crippen molar-refractivity contribution in [2.45, 2.75) is 40.0 Å². The van der Waals surface area contributed by atoms with Crippen molar-refractivity contribution in [3.8, 4) is 0 Å². The molecule has 0 unspecified atom stereocenters. The molecule has 0 saturated heterocycles. The van der Waals surface area contributed by atoms with Crippen LogP contribution in [-0.4, -0.2) is 11.1 Å². The Labute approximate surface area is 92.0 Å².